The molecule has 1 aliphatic rings. The van der Waals surface area contributed by atoms with Gasteiger partial charge in [-0.25, -0.2) is 0 Å². The van der Waals surface area contributed by atoms with E-state index in [1.165, 1.54) is 12.8 Å². The Morgan fingerprint density at radius 2 is 1.68 bits per heavy atom. The molecule has 170 valence electrons. The van der Waals surface area contributed by atoms with E-state index in [0.717, 1.165) is 49.4 Å². The third-order valence-corrected chi connectivity index (χ3v) is 5.83. The number of benzene rings is 1. The summed E-state index contributed by atoms with van der Waals surface area (Å²) in [4.78, 5) is 23.8. The molecule has 4 nitrogen and oxygen atoms in total. The second kappa shape index (κ2) is 15.1. The lowest BCUT2D eigenvalue weighted by atomic mass is 10.1. The first kappa shape index (κ1) is 25.5. The van der Waals surface area contributed by atoms with Gasteiger partial charge in [0.25, 0.3) is 0 Å². The minimum Gasteiger partial charge on any atom is -0.457 e. The Hall–Kier alpha value is -1.72. The third-order valence-electron chi connectivity index (χ3n) is 5.30. The number of ketones is 1. The minimum absolute atomic E-state index is 0.176. The Morgan fingerprint density at radius 1 is 0.968 bits per heavy atom. The molecule has 1 aromatic carbocycles. The number of unbranched alkanes of at least 4 members (excludes halogenated alkanes) is 4. The van der Waals surface area contributed by atoms with Gasteiger partial charge in [0.1, 0.15) is 0 Å². The van der Waals surface area contributed by atoms with Crippen molar-refractivity contribution < 1.29 is 19.1 Å². The van der Waals surface area contributed by atoms with Crippen molar-refractivity contribution in [2.75, 3.05) is 6.61 Å². The fourth-order valence-electron chi connectivity index (χ4n) is 3.39. The van der Waals surface area contributed by atoms with Gasteiger partial charge in [-0.15, -0.1) is 0 Å². The topological polar surface area (TPSA) is 55.9 Å². The Balaban J connectivity index is 1.40. The van der Waals surface area contributed by atoms with Crippen molar-refractivity contribution in [3.8, 4) is 0 Å². The number of epoxide rings is 1. The van der Waals surface area contributed by atoms with E-state index in [4.69, 9.17) is 9.47 Å². The predicted octanol–water partition coefficient (Wildman–Crippen LogP) is 6.98. The fourth-order valence-corrected chi connectivity index (χ4v) is 3.66. The summed E-state index contributed by atoms with van der Waals surface area (Å²) < 4.78 is 11.7. The van der Waals surface area contributed by atoms with E-state index in [1.807, 2.05) is 0 Å². The molecule has 1 saturated heterocycles. The minimum atomic E-state index is -0.294. The predicted molar refractivity (Wildman–Crippen MR) is 128 cm³/mol. The van der Waals surface area contributed by atoms with Crippen LogP contribution in [-0.4, -0.2) is 30.6 Å². The van der Waals surface area contributed by atoms with Crippen LogP contribution >= 0.6 is 15.9 Å². The van der Waals surface area contributed by atoms with Gasteiger partial charge in [0.2, 0.25) is 0 Å². The second-order valence-electron chi connectivity index (χ2n) is 7.93. The Labute approximate surface area is 195 Å². The average Bonchev–Trinajstić information content (AvgIpc) is 3.52. The molecular weight excluding hydrogens is 456 g/mol. The first-order valence-electron chi connectivity index (χ1n) is 11.5. The summed E-state index contributed by atoms with van der Waals surface area (Å²) >= 11 is 3.33. The van der Waals surface area contributed by atoms with Gasteiger partial charge < -0.3 is 9.47 Å². The lowest BCUT2D eigenvalue weighted by Crippen LogP contribution is -2.13. The lowest BCUT2D eigenvalue weighted by Gasteiger charge is -2.05. The van der Waals surface area contributed by atoms with Gasteiger partial charge in [-0.1, -0.05) is 85.0 Å². The van der Waals surface area contributed by atoms with Crippen LogP contribution in [0.5, 0.6) is 0 Å². The van der Waals surface area contributed by atoms with Crippen molar-refractivity contribution >= 4 is 27.7 Å². The largest absolute Gasteiger partial charge is 0.457 e. The lowest BCUT2D eigenvalue weighted by molar-refractivity contribution is -0.142. The SMILES string of the molecule is CC/C=C\C/C=C\C[C@H]1O[C@H]1CCCCCCCC(=O)OCC(=O)c1ccc(Br)cc1. The highest BCUT2D eigenvalue weighted by Gasteiger charge is 2.36. The number of hydrogen-bond donors (Lipinski definition) is 0. The number of carbonyl (C=O) groups excluding carboxylic acids is 2. The summed E-state index contributed by atoms with van der Waals surface area (Å²) in [5, 5.41) is 0. The number of rotatable bonds is 16. The van der Waals surface area contributed by atoms with E-state index >= 15 is 0 Å². The number of Topliss-reactive ketones (excluding diaryl/α,β-unsaturated/α-hetero) is 1. The normalized spacial score (nSPS) is 18.0. The molecule has 2 rings (SSSR count). The van der Waals surface area contributed by atoms with E-state index < -0.39 is 0 Å². The van der Waals surface area contributed by atoms with Crippen LogP contribution in [0.4, 0.5) is 0 Å². The van der Waals surface area contributed by atoms with Crippen LogP contribution in [0.1, 0.15) is 81.5 Å². The molecule has 0 spiro atoms. The Morgan fingerprint density at radius 3 is 2.45 bits per heavy atom. The molecule has 0 bridgehead atoms. The molecule has 5 heteroatoms. The van der Waals surface area contributed by atoms with Crippen molar-refractivity contribution in [3.63, 3.8) is 0 Å². The summed E-state index contributed by atoms with van der Waals surface area (Å²) in [5.74, 6) is -0.469. The van der Waals surface area contributed by atoms with E-state index in [1.54, 1.807) is 24.3 Å². The summed E-state index contributed by atoms with van der Waals surface area (Å²) in [5.41, 5.74) is 0.554. The van der Waals surface area contributed by atoms with Crippen molar-refractivity contribution in [2.24, 2.45) is 0 Å². The highest BCUT2D eigenvalue weighted by molar-refractivity contribution is 9.10. The first-order valence-corrected chi connectivity index (χ1v) is 12.3. The van der Waals surface area contributed by atoms with Crippen molar-refractivity contribution in [1.29, 1.82) is 0 Å². The Bertz CT molecular complexity index is 723. The number of carbonyl (C=O) groups is 2. The summed E-state index contributed by atoms with van der Waals surface area (Å²) in [7, 11) is 0. The molecule has 1 fully saturated rings. The number of halogens is 1. The number of ether oxygens (including phenoxy) is 2. The highest BCUT2D eigenvalue weighted by Crippen LogP contribution is 2.30. The third kappa shape index (κ3) is 11.5. The summed E-state index contributed by atoms with van der Waals surface area (Å²) in [6.07, 6.45) is 19.6. The van der Waals surface area contributed by atoms with Crippen LogP contribution in [0, 0.1) is 0 Å². The average molecular weight is 491 g/mol. The number of esters is 1. The molecule has 0 aromatic heterocycles. The maximum Gasteiger partial charge on any atom is 0.306 e. The quantitative estimate of drug-likeness (QED) is 0.0824. The smallest absolute Gasteiger partial charge is 0.306 e. The van der Waals surface area contributed by atoms with Crippen LogP contribution in [0.25, 0.3) is 0 Å². The zero-order chi connectivity index (χ0) is 22.3. The molecule has 0 aliphatic carbocycles. The van der Waals surface area contributed by atoms with Crippen LogP contribution in [0.3, 0.4) is 0 Å². The molecule has 0 amide bonds. The van der Waals surface area contributed by atoms with E-state index in [2.05, 4.69) is 47.2 Å². The van der Waals surface area contributed by atoms with Gasteiger partial charge in [0.05, 0.1) is 12.2 Å². The molecule has 31 heavy (non-hydrogen) atoms. The molecule has 2 atom stereocenters. The zero-order valence-corrected chi connectivity index (χ0v) is 20.1. The summed E-state index contributed by atoms with van der Waals surface area (Å²) in [6.45, 7) is 1.96. The maximum absolute atomic E-state index is 12.0. The van der Waals surface area contributed by atoms with Crippen LogP contribution in [0.2, 0.25) is 0 Å². The molecule has 0 unspecified atom stereocenters. The van der Waals surface area contributed by atoms with Gasteiger partial charge in [-0.3, -0.25) is 9.59 Å². The van der Waals surface area contributed by atoms with Crippen LogP contribution in [-0.2, 0) is 14.3 Å². The Kier molecular flexibility index (Phi) is 12.5. The first-order chi connectivity index (χ1) is 15.1. The second-order valence-corrected chi connectivity index (χ2v) is 8.85. The number of hydrogen-bond acceptors (Lipinski definition) is 4. The molecule has 0 saturated carbocycles. The fraction of sp³-hybridized carbons (Fsp3) is 0.538. The molecule has 0 radical (unpaired) electrons. The standard InChI is InChI=1S/C26H35BrO4/c1-2-3-4-5-7-10-13-24-25(31-24)14-11-8-6-9-12-15-26(29)30-20-23(28)21-16-18-22(27)19-17-21/h3-4,7,10,16-19,24-25H,2,5-6,8-9,11-15,20H2,1H3/b4-3-,10-7-/t24-,25+/m1/s1. The molecule has 0 N–H and O–H groups in total. The van der Waals surface area contributed by atoms with Gasteiger partial charge in [0.15, 0.2) is 12.4 Å². The van der Waals surface area contributed by atoms with E-state index in [0.29, 0.717) is 24.2 Å². The van der Waals surface area contributed by atoms with Crippen molar-refractivity contribution in [2.45, 2.75) is 83.3 Å². The van der Waals surface area contributed by atoms with Crippen LogP contribution < -0.4 is 0 Å². The van der Waals surface area contributed by atoms with Gasteiger partial charge >= 0.3 is 5.97 Å². The highest BCUT2D eigenvalue weighted by atomic mass is 79.9. The summed E-state index contributed by atoms with van der Waals surface area (Å²) in [6, 6.07) is 7.04. The van der Waals surface area contributed by atoms with Gasteiger partial charge in [-0.2, -0.15) is 0 Å². The zero-order valence-electron chi connectivity index (χ0n) is 18.6. The van der Waals surface area contributed by atoms with E-state index in [9.17, 15) is 9.59 Å². The van der Waals surface area contributed by atoms with E-state index in [-0.39, 0.29) is 18.4 Å². The molecule has 1 aromatic rings. The van der Waals surface area contributed by atoms with Crippen molar-refractivity contribution in [3.05, 3.63) is 58.6 Å². The van der Waals surface area contributed by atoms with Gasteiger partial charge in [-0.05, 0) is 44.2 Å². The van der Waals surface area contributed by atoms with Crippen LogP contribution in [0.15, 0.2) is 53.0 Å². The number of allylic oxidation sites excluding steroid dienone is 3. The molecule has 1 aliphatic heterocycles. The molecule has 1 heterocycles. The molecular formula is C26H35BrO4. The van der Waals surface area contributed by atoms with Gasteiger partial charge in [0, 0.05) is 16.5 Å². The maximum atomic E-state index is 12.0. The van der Waals surface area contributed by atoms with Crippen molar-refractivity contribution in [1.82, 2.24) is 0 Å². The monoisotopic (exact) mass is 490 g/mol.